The van der Waals surface area contributed by atoms with E-state index in [1.165, 1.54) is 44.9 Å². The molecule has 0 aromatic rings. The van der Waals surface area contributed by atoms with Crippen molar-refractivity contribution in [2.75, 3.05) is 14.1 Å². The second-order valence-corrected chi connectivity index (χ2v) is 6.26. The molecule has 0 atom stereocenters. The number of hydrogen-bond acceptors (Lipinski definition) is 2. The first-order chi connectivity index (χ1) is 8.15. The lowest BCUT2D eigenvalue weighted by Gasteiger charge is -2.42. The molecule has 0 heterocycles. The Labute approximate surface area is 106 Å². The van der Waals surface area contributed by atoms with Gasteiger partial charge in [0.05, 0.1) is 5.54 Å². The first kappa shape index (κ1) is 13.1. The summed E-state index contributed by atoms with van der Waals surface area (Å²) in [5.41, 5.74) is -0.110. The van der Waals surface area contributed by atoms with Crippen molar-refractivity contribution in [1.82, 2.24) is 4.90 Å². The summed E-state index contributed by atoms with van der Waals surface area (Å²) in [5, 5.41) is 0. The summed E-state index contributed by atoms with van der Waals surface area (Å²) < 4.78 is 0. The number of nitrogens with zero attached hydrogens (tertiary/aromatic N) is 1. The maximum atomic E-state index is 12.7. The van der Waals surface area contributed by atoms with Gasteiger partial charge in [0.15, 0.2) is 5.78 Å². The van der Waals surface area contributed by atoms with Crippen LogP contribution in [-0.2, 0) is 4.79 Å². The van der Waals surface area contributed by atoms with Crippen molar-refractivity contribution >= 4 is 5.78 Å². The molecule has 0 saturated heterocycles. The fraction of sp³-hybridized carbons (Fsp3) is 0.933. The summed E-state index contributed by atoms with van der Waals surface area (Å²) >= 11 is 0. The summed E-state index contributed by atoms with van der Waals surface area (Å²) in [6, 6.07) is 0. The molecule has 2 nitrogen and oxygen atoms in total. The van der Waals surface area contributed by atoms with Gasteiger partial charge in [0, 0.05) is 6.42 Å². The Hall–Kier alpha value is -0.370. The summed E-state index contributed by atoms with van der Waals surface area (Å²) in [5.74, 6) is 1.23. The minimum Gasteiger partial charge on any atom is -0.298 e. The lowest BCUT2D eigenvalue weighted by Crippen LogP contribution is -2.52. The monoisotopic (exact) mass is 237 g/mol. The Morgan fingerprint density at radius 1 is 1.06 bits per heavy atom. The maximum Gasteiger partial charge on any atom is 0.153 e. The fourth-order valence-electron chi connectivity index (χ4n) is 3.78. The van der Waals surface area contributed by atoms with Crippen molar-refractivity contribution in [2.24, 2.45) is 5.92 Å². The van der Waals surface area contributed by atoms with Crippen molar-refractivity contribution in [3.63, 3.8) is 0 Å². The molecule has 0 N–H and O–H groups in total. The Balaban J connectivity index is 2.01. The first-order valence-electron chi connectivity index (χ1n) is 7.36. The highest BCUT2D eigenvalue weighted by molar-refractivity contribution is 5.88. The van der Waals surface area contributed by atoms with E-state index in [1.54, 1.807) is 0 Å². The van der Waals surface area contributed by atoms with Crippen LogP contribution in [0.25, 0.3) is 0 Å². The number of likely N-dealkylation sites (N-methyl/N-ethyl adjacent to an activating group) is 1. The summed E-state index contributed by atoms with van der Waals surface area (Å²) in [6.45, 7) is 0. The van der Waals surface area contributed by atoms with Crippen LogP contribution in [0, 0.1) is 5.92 Å². The molecule has 0 radical (unpaired) electrons. The van der Waals surface area contributed by atoms with E-state index >= 15 is 0 Å². The third-order valence-corrected chi connectivity index (χ3v) is 5.00. The summed E-state index contributed by atoms with van der Waals surface area (Å²) in [6.07, 6.45) is 12.1. The lowest BCUT2D eigenvalue weighted by atomic mass is 9.75. The van der Waals surface area contributed by atoms with E-state index in [9.17, 15) is 4.79 Å². The first-order valence-corrected chi connectivity index (χ1v) is 7.36. The summed E-state index contributed by atoms with van der Waals surface area (Å²) in [7, 11) is 4.19. The zero-order valence-electron chi connectivity index (χ0n) is 11.5. The van der Waals surface area contributed by atoms with Crippen LogP contribution in [0.3, 0.4) is 0 Å². The molecule has 0 aromatic heterocycles. The van der Waals surface area contributed by atoms with Crippen molar-refractivity contribution in [1.29, 1.82) is 0 Å². The topological polar surface area (TPSA) is 20.3 Å². The number of ketones is 1. The van der Waals surface area contributed by atoms with Gasteiger partial charge in [-0.2, -0.15) is 0 Å². The normalized spacial score (nSPS) is 25.4. The third kappa shape index (κ3) is 2.73. The highest BCUT2D eigenvalue weighted by atomic mass is 16.1. The third-order valence-electron chi connectivity index (χ3n) is 5.00. The number of Topliss-reactive ketones (excluding diaryl/α,β-unsaturated/α-hetero) is 1. The molecule has 2 aliphatic rings. The molecule has 2 rings (SSSR count). The Bertz CT molecular complexity index is 260. The number of hydrogen-bond donors (Lipinski definition) is 0. The van der Waals surface area contributed by atoms with Crippen molar-refractivity contribution in [3.05, 3.63) is 0 Å². The van der Waals surface area contributed by atoms with Gasteiger partial charge in [0.25, 0.3) is 0 Å². The van der Waals surface area contributed by atoms with Crippen LogP contribution in [0.1, 0.15) is 64.2 Å². The molecule has 17 heavy (non-hydrogen) atoms. The van der Waals surface area contributed by atoms with Gasteiger partial charge < -0.3 is 0 Å². The summed E-state index contributed by atoms with van der Waals surface area (Å²) in [4.78, 5) is 14.9. The number of rotatable bonds is 4. The van der Waals surface area contributed by atoms with Gasteiger partial charge in [-0.25, -0.2) is 0 Å². The van der Waals surface area contributed by atoms with E-state index in [1.807, 2.05) is 0 Å². The molecule has 0 aliphatic heterocycles. The highest BCUT2D eigenvalue weighted by Crippen LogP contribution is 2.37. The second kappa shape index (κ2) is 5.51. The molecular formula is C15H27NO. The van der Waals surface area contributed by atoms with Gasteiger partial charge in [-0.1, -0.05) is 44.9 Å². The molecule has 0 unspecified atom stereocenters. The smallest absolute Gasteiger partial charge is 0.153 e. The average molecular weight is 237 g/mol. The van der Waals surface area contributed by atoms with E-state index < -0.39 is 0 Å². The maximum absolute atomic E-state index is 12.7. The zero-order valence-corrected chi connectivity index (χ0v) is 11.5. The SMILES string of the molecule is CN(C)C1(C(=O)CC2CCCC2)CCCCC1. The predicted octanol–water partition coefficient (Wildman–Crippen LogP) is 3.40. The Kier molecular flexibility index (Phi) is 4.24. The van der Waals surface area contributed by atoms with Crippen molar-refractivity contribution in [3.8, 4) is 0 Å². The van der Waals surface area contributed by atoms with Gasteiger partial charge in [-0.15, -0.1) is 0 Å². The largest absolute Gasteiger partial charge is 0.298 e. The molecule has 0 spiro atoms. The van der Waals surface area contributed by atoms with Crippen LogP contribution >= 0.6 is 0 Å². The minimum absolute atomic E-state index is 0.110. The van der Waals surface area contributed by atoms with Gasteiger partial charge in [-0.3, -0.25) is 9.69 Å². The number of carbonyl (C=O) groups is 1. The van der Waals surface area contributed by atoms with Gasteiger partial charge in [-0.05, 0) is 32.9 Å². The van der Waals surface area contributed by atoms with Crippen LogP contribution in [0.4, 0.5) is 0 Å². The quantitative estimate of drug-likeness (QED) is 0.747. The molecule has 0 amide bonds. The lowest BCUT2D eigenvalue weighted by molar-refractivity contribution is -0.132. The van der Waals surface area contributed by atoms with Gasteiger partial charge >= 0.3 is 0 Å². The molecule has 0 bridgehead atoms. The van der Waals surface area contributed by atoms with Gasteiger partial charge in [0.2, 0.25) is 0 Å². The Morgan fingerprint density at radius 3 is 2.18 bits per heavy atom. The van der Waals surface area contributed by atoms with E-state index in [2.05, 4.69) is 19.0 Å². The molecule has 2 saturated carbocycles. The zero-order chi connectivity index (χ0) is 12.3. The minimum atomic E-state index is -0.110. The molecule has 2 aliphatic carbocycles. The number of carbonyl (C=O) groups excluding carboxylic acids is 1. The van der Waals surface area contributed by atoms with Crippen molar-refractivity contribution in [2.45, 2.75) is 69.7 Å². The Morgan fingerprint density at radius 2 is 1.65 bits per heavy atom. The fourth-order valence-corrected chi connectivity index (χ4v) is 3.78. The second-order valence-electron chi connectivity index (χ2n) is 6.26. The molecule has 2 heteroatoms. The van der Waals surface area contributed by atoms with Crippen LogP contribution < -0.4 is 0 Å². The predicted molar refractivity (Wildman–Crippen MR) is 71.1 cm³/mol. The van der Waals surface area contributed by atoms with Crippen LogP contribution in [-0.4, -0.2) is 30.3 Å². The highest BCUT2D eigenvalue weighted by Gasteiger charge is 2.41. The van der Waals surface area contributed by atoms with E-state index in [0.29, 0.717) is 11.7 Å². The molecule has 0 aromatic carbocycles. The van der Waals surface area contributed by atoms with Crippen molar-refractivity contribution < 1.29 is 4.79 Å². The average Bonchev–Trinajstić information content (AvgIpc) is 2.82. The van der Waals surface area contributed by atoms with E-state index in [0.717, 1.165) is 19.3 Å². The van der Waals surface area contributed by atoms with E-state index in [-0.39, 0.29) is 5.54 Å². The van der Waals surface area contributed by atoms with Crippen LogP contribution in [0.5, 0.6) is 0 Å². The standard InChI is InChI=1S/C15H27NO/c1-16(2)15(10-6-3-7-11-15)14(17)12-13-8-4-5-9-13/h13H,3-12H2,1-2H3. The molecular weight excluding hydrogens is 210 g/mol. The van der Waals surface area contributed by atoms with Crippen LogP contribution in [0.2, 0.25) is 0 Å². The van der Waals surface area contributed by atoms with E-state index in [4.69, 9.17) is 0 Å². The van der Waals surface area contributed by atoms with Crippen LogP contribution in [0.15, 0.2) is 0 Å². The van der Waals surface area contributed by atoms with Gasteiger partial charge in [0.1, 0.15) is 0 Å². The molecule has 2 fully saturated rings. The molecule has 98 valence electrons.